The summed E-state index contributed by atoms with van der Waals surface area (Å²) in [6.45, 7) is 0. The molecular weight excluding hydrogens is 172 g/mol. The van der Waals surface area contributed by atoms with Crippen LogP contribution in [-0.4, -0.2) is 5.91 Å². The molecule has 64 valence electrons. The van der Waals surface area contributed by atoms with Crippen molar-refractivity contribution in [1.29, 1.82) is 0 Å². The SMILES string of the molecule is NC(=O)c1c(C2CC2)csc1N. The van der Waals surface area contributed by atoms with Gasteiger partial charge in [-0.15, -0.1) is 11.3 Å². The van der Waals surface area contributed by atoms with Crippen molar-refractivity contribution in [3.8, 4) is 0 Å². The highest BCUT2D eigenvalue weighted by Crippen LogP contribution is 2.44. The van der Waals surface area contributed by atoms with Gasteiger partial charge in [-0.1, -0.05) is 0 Å². The van der Waals surface area contributed by atoms with Crippen molar-refractivity contribution in [2.45, 2.75) is 18.8 Å². The molecule has 0 saturated heterocycles. The third-order valence-electron chi connectivity index (χ3n) is 2.11. The Balaban J connectivity index is 2.46. The van der Waals surface area contributed by atoms with Gasteiger partial charge in [-0.3, -0.25) is 4.79 Å². The maximum Gasteiger partial charge on any atom is 0.251 e. The highest BCUT2D eigenvalue weighted by Gasteiger charge is 2.29. The summed E-state index contributed by atoms with van der Waals surface area (Å²) in [7, 11) is 0. The van der Waals surface area contributed by atoms with Gasteiger partial charge in [0.15, 0.2) is 0 Å². The van der Waals surface area contributed by atoms with Gasteiger partial charge in [-0.05, 0) is 29.7 Å². The van der Waals surface area contributed by atoms with Crippen LogP contribution in [0.5, 0.6) is 0 Å². The number of rotatable bonds is 2. The molecule has 4 N–H and O–H groups in total. The van der Waals surface area contributed by atoms with Crippen molar-refractivity contribution in [3.05, 3.63) is 16.5 Å². The smallest absolute Gasteiger partial charge is 0.251 e. The van der Waals surface area contributed by atoms with Crippen LogP contribution in [0.4, 0.5) is 5.00 Å². The van der Waals surface area contributed by atoms with Crippen molar-refractivity contribution >= 4 is 22.2 Å². The summed E-state index contributed by atoms with van der Waals surface area (Å²) in [5, 5.41) is 2.51. The molecule has 1 aliphatic rings. The lowest BCUT2D eigenvalue weighted by atomic mass is 10.1. The second kappa shape index (κ2) is 2.48. The molecule has 1 fully saturated rings. The largest absolute Gasteiger partial charge is 0.390 e. The molecule has 0 unspecified atom stereocenters. The zero-order valence-corrected chi connectivity index (χ0v) is 7.36. The molecule has 4 heteroatoms. The maximum absolute atomic E-state index is 11.0. The van der Waals surface area contributed by atoms with Crippen LogP contribution in [0.25, 0.3) is 0 Å². The number of carbonyl (C=O) groups excluding carboxylic acids is 1. The number of nitrogens with two attached hydrogens (primary N) is 2. The zero-order valence-electron chi connectivity index (χ0n) is 6.54. The first-order valence-corrected chi connectivity index (χ1v) is 4.74. The molecule has 2 rings (SSSR count). The minimum absolute atomic E-state index is 0.393. The topological polar surface area (TPSA) is 69.1 Å². The summed E-state index contributed by atoms with van der Waals surface area (Å²) in [4.78, 5) is 11.0. The second-order valence-electron chi connectivity index (χ2n) is 3.07. The molecule has 0 radical (unpaired) electrons. The number of amides is 1. The Morgan fingerprint density at radius 2 is 2.25 bits per heavy atom. The van der Waals surface area contributed by atoms with Crippen LogP contribution in [0.2, 0.25) is 0 Å². The number of thiophene rings is 1. The van der Waals surface area contributed by atoms with Crippen LogP contribution in [-0.2, 0) is 0 Å². The molecule has 0 aromatic carbocycles. The Hall–Kier alpha value is -1.03. The molecule has 0 bridgehead atoms. The average molecular weight is 182 g/mol. The van der Waals surface area contributed by atoms with Crippen LogP contribution < -0.4 is 11.5 Å². The van der Waals surface area contributed by atoms with Gasteiger partial charge in [0.05, 0.1) is 10.6 Å². The minimum atomic E-state index is -0.393. The van der Waals surface area contributed by atoms with Crippen LogP contribution in [0.3, 0.4) is 0 Å². The first kappa shape index (κ1) is 7.61. The van der Waals surface area contributed by atoms with Gasteiger partial charge >= 0.3 is 0 Å². The number of carbonyl (C=O) groups is 1. The average Bonchev–Trinajstić information content (AvgIpc) is 2.75. The van der Waals surface area contributed by atoms with E-state index in [0.29, 0.717) is 16.5 Å². The molecule has 3 nitrogen and oxygen atoms in total. The normalized spacial score (nSPS) is 16.3. The predicted molar refractivity (Wildman–Crippen MR) is 49.2 cm³/mol. The molecule has 1 heterocycles. The van der Waals surface area contributed by atoms with E-state index in [0.717, 1.165) is 18.4 Å². The van der Waals surface area contributed by atoms with Gasteiger partial charge < -0.3 is 11.5 Å². The zero-order chi connectivity index (χ0) is 8.72. The van der Waals surface area contributed by atoms with E-state index in [2.05, 4.69) is 0 Å². The first-order chi connectivity index (χ1) is 5.70. The number of hydrogen-bond donors (Lipinski definition) is 2. The molecule has 1 saturated carbocycles. The van der Waals surface area contributed by atoms with E-state index in [1.54, 1.807) is 0 Å². The van der Waals surface area contributed by atoms with Crippen molar-refractivity contribution < 1.29 is 4.79 Å². The van der Waals surface area contributed by atoms with Crippen LogP contribution in [0.15, 0.2) is 5.38 Å². The Bertz CT molecular complexity index is 328. The number of nitrogen functional groups attached to an aromatic ring is 1. The Morgan fingerprint density at radius 1 is 1.58 bits per heavy atom. The number of anilines is 1. The molecule has 0 aliphatic heterocycles. The monoisotopic (exact) mass is 182 g/mol. The van der Waals surface area contributed by atoms with E-state index in [1.807, 2.05) is 5.38 Å². The van der Waals surface area contributed by atoms with E-state index in [1.165, 1.54) is 11.3 Å². The Labute approximate surface area is 74.4 Å². The van der Waals surface area contributed by atoms with Crippen molar-refractivity contribution in [2.24, 2.45) is 5.73 Å². The van der Waals surface area contributed by atoms with Crippen molar-refractivity contribution in [1.82, 2.24) is 0 Å². The summed E-state index contributed by atoms with van der Waals surface area (Å²) >= 11 is 1.40. The lowest BCUT2D eigenvalue weighted by molar-refractivity contribution is 0.100. The molecular formula is C8H10N2OS. The van der Waals surface area contributed by atoms with Gasteiger partial charge in [0.2, 0.25) is 0 Å². The van der Waals surface area contributed by atoms with Crippen LogP contribution >= 0.6 is 11.3 Å². The van der Waals surface area contributed by atoms with Crippen LogP contribution in [0, 0.1) is 0 Å². The highest BCUT2D eigenvalue weighted by atomic mass is 32.1. The Morgan fingerprint density at radius 3 is 2.75 bits per heavy atom. The molecule has 12 heavy (non-hydrogen) atoms. The highest BCUT2D eigenvalue weighted by molar-refractivity contribution is 7.14. The standard InChI is InChI=1S/C8H10N2OS/c9-7(11)6-5(4-1-2-4)3-12-8(6)10/h3-4H,1-2,10H2,(H2,9,11). The van der Waals surface area contributed by atoms with E-state index in [-0.39, 0.29) is 0 Å². The van der Waals surface area contributed by atoms with E-state index < -0.39 is 5.91 Å². The summed E-state index contributed by atoms with van der Waals surface area (Å²) in [6.07, 6.45) is 2.33. The Kier molecular flexibility index (Phi) is 1.58. The summed E-state index contributed by atoms with van der Waals surface area (Å²) in [5.41, 5.74) is 12.5. The third-order valence-corrected chi connectivity index (χ3v) is 2.94. The van der Waals surface area contributed by atoms with E-state index >= 15 is 0 Å². The lowest BCUT2D eigenvalue weighted by Crippen LogP contribution is -2.13. The van der Waals surface area contributed by atoms with Gasteiger partial charge in [0.1, 0.15) is 0 Å². The molecule has 0 spiro atoms. The fourth-order valence-electron chi connectivity index (χ4n) is 1.35. The van der Waals surface area contributed by atoms with Gasteiger partial charge in [0, 0.05) is 0 Å². The number of primary amides is 1. The molecule has 1 aromatic heterocycles. The molecule has 1 amide bonds. The number of hydrogen-bond acceptors (Lipinski definition) is 3. The van der Waals surface area contributed by atoms with E-state index in [9.17, 15) is 4.79 Å². The summed E-state index contributed by atoms with van der Waals surface area (Å²) in [6, 6.07) is 0. The quantitative estimate of drug-likeness (QED) is 0.724. The molecule has 0 atom stereocenters. The third kappa shape index (κ3) is 1.08. The van der Waals surface area contributed by atoms with Gasteiger partial charge in [0.25, 0.3) is 5.91 Å². The van der Waals surface area contributed by atoms with Gasteiger partial charge in [-0.25, -0.2) is 0 Å². The van der Waals surface area contributed by atoms with Gasteiger partial charge in [-0.2, -0.15) is 0 Å². The molecule has 1 aliphatic carbocycles. The lowest BCUT2D eigenvalue weighted by Gasteiger charge is -1.97. The van der Waals surface area contributed by atoms with Crippen LogP contribution in [0.1, 0.15) is 34.7 Å². The predicted octanol–water partition coefficient (Wildman–Crippen LogP) is 1.31. The minimum Gasteiger partial charge on any atom is -0.390 e. The summed E-state index contributed by atoms with van der Waals surface area (Å²) in [5.74, 6) is 0.150. The fraction of sp³-hybridized carbons (Fsp3) is 0.375. The van der Waals surface area contributed by atoms with Crippen molar-refractivity contribution in [2.75, 3.05) is 5.73 Å². The second-order valence-corrected chi connectivity index (χ2v) is 3.98. The molecule has 1 aromatic rings. The van der Waals surface area contributed by atoms with E-state index in [4.69, 9.17) is 11.5 Å². The maximum atomic E-state index is 11.0. The fourth-order valence-corrected chi connectivity index (χ4v) is 2.25. The summed E-state index contributed by atoms with van der Waals surface area (Å²) < 4.78 is 0. The van der Waals surface area contributed by atoms with Crippen molar-refractivity contribution in [3.63, 3.8) is 0 Å². The first-order valence-electron chi connectivity index (χ1n) is 3.87.